The third-order valence-corrected chi connectivity index (χ3v) is 6.07. The molecule has 0 atom stereocenters. The summed E-state index contributed by atoms with van der Waals surface area (Å²) in [5.74, 6) is 0.177. The summed E-state index contributed by atoms with van der Waals surface area (Å²) in [4.78, 5) is 20.7. The molecule has 1 amide bonds. The minimum absolute atomic E-state index is 0.176. The Morgan fingerprint density at radius 2 is 2.00 bits per heavy atom. The molecule has 4 aromatic rings. The summed E-state index contributed by atoms with van der Waals surface area (Å²) < 4.78 is 5.70. The highest BCUT2D eigenvalue weighted by Gasteiger charge is 2.12. The van der Waals surface area contributed by atoms with E-state index in [0.717, 1.165) is 11.3 Å². The molecule has 1 N–H and O–H groups in total. The molecule has 4 rings (SSSR count). The molecule has 0 bridgehead atoms. The van der Waals surface area contributed by atoms with Crippen molar-refractivity contribution >= 4 is 57.0 Å². The van der Waals surface area contributed by atoms with Gasteiger partial charge in [-0.05, 0) is 24.3 Å². The van der Waals surface area contributed by atoms with Gasteiger partial charge in [-0.3, -0.25) is 10.1 Å². The van der Waals surface area contributed by atoms with Crippen molar-refractivity contribution in [2.75, 3.05) is 11.9 Å². The average molecular weight is 479 g/mol. The Labute approximate surface area is 197 Å². The first-order valence-corrected chi connectivity index (χ1v) is 11.5. The van der Waals surface area contributed by atoms with Crippen molar-refractivity contribution in [3.05, 3.63) is 81.1 Å². The maximum atomic E-state index is 12.1. The van der Waals surface area contributed by atoms with E-state index < -0.39 is 0 Å². The Hall–Kier alpha value is -3.51. The fourth-order valence-electron chi connectivity index (χ4n) is 2.76. The first kappa shape index (κ1) is 21.7. The molecule has 0 spiro atoms. The second-order valence-electron chi connectivity index (χ2n) is 6.43. The number of anilines is 1. The zero-order chi connectivity index (χ0) is 22.3. The minimum Gasteiger partial charge on any atom is -0.483 e. The van der Waals surface area contributed by atoms with Crippen LogP contribution in [0.2, 0.25) is 5.02 Å². The van der Waals surface area contributed by atoms with Crippen molar-refractivity contribution in [2.24, 2.45) is 0 Å². The number of hydrogen-bond acceptors (Lipinski definition) is 7. The van der Waals surface area contributed by atoms with Gasteiger partial charge in [0.2, 0.25) is 0 Å². The van der Waals surface area contributed by atoms with Gasteiger partial charge in [-0.15, -0.1) is 22.7 Å². The van der Waals surface area contributed by atoms with Crippen LogP contribution < -0.4 is 10.1 Å². The minimum atomic E-state index is -0.313. The number of hydrogen-bond donors (Lipinski definition) is 1. The van der Waals surface area contributed by atoms with Gasteiger partial charge >= 0.3 is 0 Å². The van der Waals surface area contributed by atoms with Gasteiger partial charge in [0.25, 0.3) is 5.91 Å². The Kier molecular flexibility index (Phi) is 6.92. The average Bonchev–Trinajstić information content (AvgIpc) is 3.50. The molecule has 2 aromatic carbocycles. The summed E-state index contributed by atoms with van der Waals surface area (Å²) >= 11 is 8.66. The van der Waals surface area contributed by atoms with Crippen LogP contribution in [0.4, 0.5) is 5.13 Å². The fourth-order valence-corrected chi connectivity index (χ4v) is 4.23. The molecule has 0 unspecified atom stereocenters. The number of aromatic nitrogens is 2. The number of nitriles is 1. The Balaban J connectivity index is 1.52. The van der Waals surface area contributed by atoms with Gasteiger partial charge in [-0.2, -0.15) is 5.26 Å². The van der Waals surface area contributed by atoms with E-state index in [0.29, 0.717) is 32.0 Å². The van der Waals surface area contributed by atoms with Gasteiger partial charge in [-0.1, -0.05) is 41.9 Å². The van der Waals surface area contributed by atoms with Gasteiger partial charge in [-0.25, -0.2) is 9.97 Å². The molecule has 0 aliphatic rings. The SMILES string of the molecule is N#C/C(=C\c1ccccc1OCC(=O)Nc1nccs1)c1nc(-c2ccc(Cl)cc2)cs1. The van der Waals surface area contributed by atoms with Crippen LogP contribution >= 0.6 is 34.3 Å². The number of ether oxygens (including phenoxy) is 1. The van der Waals surface area contributed by atoms with Crippen LogP contribution in [-0.2, 0) is 4.79 Å². The number of carbonyl (C=O) groups is 1. The van der Waals surface area contributed by atoms with Crippen LogP contribution in [0.1, 0.15) is 10.6 Å². The maximum absolute atomic E-state index is 12.1. The van der Waals surface area contributed by atoms with Gasteiger partial charge in [0.05, 0.1) is 11.3 Å². The molecule has 0 saturated heterocycles. The molecular formula is C23H15ClN4O2S2. The van der Waals surface area contributed by atoms with Gasteiger partial charge in [0.15, 0.2) is 11.7 Å². The maximum Gasteiger partial charge on any atom is 0.264 e. The first-order valence-electron chi connectivity index (χ1n) is 9.37. The molecule has 0 radical (unpaired) electrons. The summed E-state index contributed by atoms with van der Waals surface area (Å²) in [6, 6.07) is 16.8. The number of amides is 1. The van der Waals surface area contributed by atoms with E-state index in [4.69, 9.17) is 16.3 Å². The standard InChI is InChI=1S/C23H15ClN4O2S2/c24-18-7-5-15(6-8-18)19-14-32-22(27-19)17(12-25)11-16-3-1-2-4-20(16)30-13-21(29)28-23-26-9-10-31-23/h1-11,14H,13H2,(H,26,28,29)/b17-11+. The fraction of sp³-hybridized carbons (Fsp3) is 0.0435. The lowest BCUT2D eigenvalue weighted by Crippen LogP contribution is -2.20. The number of nitrogens with zero attached hydrogens (tertiary/aromatic N) is 3. The van der Waals surface area contributed by atoms with E-state index in [1.807, 2.05) is 29.6 Å². The lowest BCUT2D eigenvalue weighted by molar-refractivity contribution is -0.118. The number of rotatable bonds is 7. The number of thiazole rings is 2. The molecule has 32 heavy (non-hydrogen) atoms. The topological polar surface area (TPSA) is 87.9 Å². The smallest absolute Gasteiger partial charge is 0.264 e. The number of allylic oxidation sites excluding steroid dienone is 1. The molecule has 6 nitrogen and oxygen atoms in total. The molecule has 2 heterocycles. The summed E-state index contributed by atoms with van der Waals surface area (Å²) in [7, 11) is 0. The highest BCUT2D eigenvalue weighted by Crippen LogP contribution is 2.29. The largest absolute Gasteiger partial charge is 0.483 e. The van der Waals surface area contributed by atoms with Crippen molar-refractivity contribution < 1.29 is 9.53 Å². The predicted molar refractivity (Wildman–Crippen MR) is 129 cm³/mol. The highest BCUT2D eigenvalue weighted by atomic mass is 35.5. The number of halogens is 1. The molecule has 0 fully saturated rings. The van der Waals surface area contributed by atoms with Crippen molar-refractivity contribution in [1.29, 1.82) is 5.26 Å². The number of para-hydroxylation sites is 1. The third kappa shape index (κ3) is 5.39. The molecule has 0 aliphatic carbocycles. The van der Waals surface area contributed by atoms with Crippen LogP contribution in [0.5, 0.6) is 5.75 Å². The molecule has 9 heteroatoms. The van der Waals surface area contributed by atoms with E-state index in [9.17, 15) is 10.1 Å². The van der Waals surface area contributed by atoms with E-state index in [-0.39, 0.29) is 12.5 Å². The van der Waals surface area contributed by atoms with Gasteiger partial charge in [0, 0.05) is 33.1 Å². The van der Waals surface area contributed by atoms with Crippen LogP contribution in [0.25, 0.3) is 22.9 Å². The first-order chi connectivity index (χ1) is 15.6. The van der Waals surface area contributed by atoms with Crippen molar-refractivity contribution in [2.45, 2.75) is 0 Å². The highest BCUT2D eigenvalue weighted by molar-refractivity contribution is 7.13. The van der Waals surface area contributed by atoms with Crippen LogP contribution in [0.3, 0.4) is 0 Å². The quantitative estimate of drug-likeness (QED) is 0.329. The van der Waals surface area contributed by atoms with Crippen LogP contribution in [-0.4, -0.2) is 22.5 Å². The summed E-state index contributed by atoms with van der Waals surface area (Å²) in [5, 5.41) is 17.8. The monoisotopic (exact) mass is 478 g/mol. The van der Waals surface area contributed by atoms with E-state index >= 15 is 0 Å². The van der Waals surface area contributed by atoms with Crippen molar-refractivity contribution in [1.82, 2.24) is 9.97 Å². The molecule has 158 valence electrons. The predicted octanol–water partition coefficient (Wildman–Crippen LogP) is 6.00. The molecule has 2 aromatic heterocycles. The van der Waals surface area contributed by atoms with Crippen molar-refractivity contribution in [3.8, 4) is 23.1 Å². The van der Waals surface area contributed by atoms with E-state index in [1.165, 1.54) is 22.7 Å². The third-order valence-electron chi connectivity index (χ3n) is 4.25. The Bertz CT molecular complexity index is 1290. The lowest BCUT2D eigenvalue weighted by atomic mass is 10.1. The lowest BCUT2D eigenvalue weighted by Gasteiger charge is -2.09. The van der Waals surface area contributed by atoms with E-state index in [2.05, 4.69) is 21.4 Å². The summed E-state index contributed by atoms with van der Waals surface area (Å²) in [6.07, 6.45) is 3.32. The van der Waals surface area contributed by atoms with Gasteiger partial charge < -0.3 is 4.74 Å². The zero-order valence-electron chi connectivity index (χ0n) is 16.5. The second-order valence-corrected chi connectivity index (χ2v) is 8.62. The molecular weight excluding hydrogens is 464 g/mol. The summed E-state index contributed by atoms with van der Waals surface area (Å²) in [6.45, 7) is -0.176. The number of nitrogens with one attached hydrogen (secondary N) is 1. The van der Waals surface area contributed by atoms with Crippen LogP contribution in [0.15, 0.2) is 65.5 Å². The zero-order valence-corrected chi connectivity index (χ0v) is 18.9. The summed E-state index contributed by atoms with van der Waals surface area (Å²) in [5.41, 5.74) is 2.77. The molecule has 0 aliphatic heterocycles. The molecule has 0 saturated carbocycles. The Morgan fingerprint density at radius 3 is 2.75 bits per heavy atom. The normalized spacial score (nSPS) is 11.1. The Morgan fingerprint density at radius 1 is 1.19 bits per heavy atom. The second kappa shape index (κ2) is 10.2. The van der Waals surface area contributed by atoms with Crippen LogP contribution in [0, 0.1) is 11.3 Å². The van der Waals surface area contributed by atoms with Gasteiger partial charge in [0.1, 0.15) is 16.8 Å². The number of carbonyl (C=O) groups excluding carboxylic acids is 1. The van der Waals surface area contributed by atoms with Crippen molar-refractivity contribution in [3.63, 3.8) is 0 Å². The van der Waals surface area contributed by atoms with E-state index in [1.54, 1.807) is 41.9 Å². The number of benzene rings is 2.